The monoisotopic (exact) mass is 591 g/mol. The number of hydrogen-bond acceptors (Lipinski definition) is 7. The lowest BCUT2D eigenvalue weighted by molar-refractivity contribution is -0.138. The lowest BCUT2D eigenvalue weighted by Gasteiger charge is -2.28. The maximum atomic E-state index is 13.9. The maximum Gasteiger partial charge on any atom is 0.416 e. The molecule has 12 heteroatoms. The minimum atomic E-state index is -4.54. The van der Waals surface area contributed by atoms with Gasteiger partial charge in [-0.3, -0.25) is 9.88 Å². The van der Waals surface area contributed by atoms with Crippen LogP contribution in [0.5, 0.6) is 0 Å². The smallest absolute Gasteiger partial charge is 0.378 e. The molecule has 0 bridgehead atoms. The quantitative estimate of drug-likeness (QED) is 0.284. The number of halogens is 3. The molecule has 43 heavy (non-hydrogen) atoms. The molecule has 0 spiro atoms. The van der Waals surface area contributed by atoms with E-state index in [4.69, 9.17) is 9.72 Å². The van der Waals surface area contributed by atoms with Gasteiger partial charge in [0.2, 0.25) is 0 Å². The van der Waals surface area contributed by atoms with Crippen molar-refractivity contribution >= 4 is 34.3 Å². The number of piperazine rings is 1. The minimum absolute atomic E-state index is 0.0687. The lowest BCUT2D eigenvalue weighted by Crippen LogP contribution is -2.43. The molecule has 2 saturated heterocycles. The zero-order valence-electron chi connectivity index (χ0n) is 23.5. The van der Waals surface area contributed by atoms with Crippen LogP contribution in [0.1, 0.15) is 11.1 Å². The van der Waals surface area contributed by atoms with Crippen molar-refractivity contribution in [3.63, 3.8) is 0 Å². The summed E-state index contributed by atoms with van der Waals surface area (Å²) in [4.78, 5) is 26.2. The van der Waals surface area contributed by atoms with E-state index in [0.717, 1.165) is 60.2 Å². The molecule has 9 nitrogen and oxygen atoms in total. The number of carbonyl (C=O) groups excluding carboxylic acids is 1. The molecule has 0 saturated carbocycles. The highest BCUT2D eigenvalue weighted by atomic mass is 19.4. The predicted octanol–water partition coefficient (Wildman–Crippen LogP) is 5.20. The molecule has 2 fully saturated rings. The van der Waals surface area contributed by atoms with Gasteiger partial charge in [-0.2, -0.15) is 13.2 Å². The first-order valence-electron chi connectivity index (χ1n) is 14.2. The van der Waals surface area contributed by atoms with Crippen molar-refractivity contribution < 1.29 is 22.7 Å². The van der Waals surface area contributed by atoms with Crippen LogP contribution < -0.4 is 20.9 Å². The van der Waals surface area contributed by atoms with Crippen molar-refractivity contribution in [3.8, 4) is 11.1 Å². The number of amides is 2. The standard InChI is InChI=1S/C31H32F3N7O2/c32-31(33,34)26-18-25(7-3-23(26)20-40-11-9-35-10-12-40)38-30(42)37-24-5-1-21(2-6-24)22-4-8-27-28(17-22)39-29(19-36-27)41-13-15-43-16-14-41/h1-8,17-19,35H,9-16,20H2,(H2,37,38,42). The van der Waals surface area contributed by atoms with Crippen molar-refractivity contribution in [2.45, 2.75) is 12.7 Å². The normalized spacial score (nSPS) is 16.3. The van der Waals surface area contributed by atoms with Gasteiger partial charge in [-0.15, -0.1) is 0 Å². The number of alkyl halides is 3. The summed E-state index contributed by atoms with van der Waals surface area (Å²) in [5, 5.41) is 8.43. The number of ether oxygens (including phenoxy) is 1. The fourth-order valence-electron chi connectivity index (χ4n) is 5.33. The second-order valence-corrected chi connectivity index (χ2v) is 10.6. The summed E-state index contributed by atoms with van der Waals surface area (Å²) in [7, 11) is 0. The molecule has 2 aliphatic heterocycles. The summed E-state index contributed by atoms with van der Waals surface area (Å²) in [6, 6.07) is 16.4. The maximum absolute atomic E-state index is 13.9. The number of urea groups is 1. The van der Waals surface area contributed by atoms with Crippen LogP contribution in [0.25, 0.3) is 22.2 Å². The third-order valence-corrected chi connectivity index (χ3v) is 7.62. The number of aromatic nitrogens is 2. The van der Waals surface area contributed by atoms with E-state index in [1.165, 1.54) is 12.1 Å². The van der Waals surface area contributed by atoms with Gasteiger partial charge in [0.05, 0.1) is 36.0 Å². The first kappa shape index (κ1) is 28.8. The second-order valence-electron chi connectivity index (χ2n) is 10.6. The zero-order chi connectivity index (χ0) is 29.8. The molecule has 224 valence electrons. The molecule has 3 aromatic carbocycles. The summed E-state index contributed by atoms with van der Waals surface area (Å²) < 4.78 is 47.0. The highest BCUT2D eigenvalue weighted by molar-refractivity contribution is 6.00. The van der Waals surface area contributed by atoms with Gasteiger partial charge in [-0.25, -0.2) is 9.78 Å². The Morgan fingerprint density at radius 3 is 2.30 bits per heavy atom. The average Bonchev–Trinajstić information content (AvgIpc) is 3.02. The van der Waals surface area contributed by atoms with E-state index in [-0.39, 0.29) is 17.8 Å². The Hall–Kier alpha value is -4.26. The van der Waals surface area contributed by atoms with Gasteiger partial charge < -0.3 is 25.6 Å². The Bertz CT molecular complexity index is 1590. The van der Waals surface area contributed by atoms with Crippen LogP contribution in [0, 0.1) is 0 Å². The molecule has 2 amide bonds. The van der Waals surface area contributed by atoms with Crippen molar-refractivity contribution in [1.29, 1.82) is 0 Å². The van der Waals surface area contributed by atoms with Crippen molar-refractivity contribution in [2.24, 2.45) is 0 Å². The van der Waals surface area contributed by atoms with Gasteiger partial charge in [0.25, 0.3) is 0 Å². The van der Waals surface area contributed by atoms with Gasteiger partial charge >= 0.3 is 12.2 Å². The highest BCUT2D eigenvalue weighted by Crippen LogP contribution is 2.35. The van der Waals surface area contributed by atoms with Crippen molar-refractivity contribution in [3.05, 3.63) is 78.0 Å². The highest BCUT2D eigenvalue weighted by Gasteiger charge is 2.34. The number of anilines is 3. The number of morpholine rings is 1. The molecule has 6 rings (SSSR count). The summed E-state index contributed by atoms with van der Waals surface area (Å²) in [5.74, 6) is 0.815. The van der Waals surface area contributed by atoms with E-state index in [1.54, 1.807) is 18.3 Å². The Morgan fingerprint density at radius 1 is 0.860 bits per heavy atom. The van der Waals surface area contributed by atoms with E-state index < -0.39 is 17.8 Å². The first-order chi connectivity index (χ1) is 20.8. The summed E-state index contributed by atoms with van der Waals surface area (Å²) in [5.41, 5.74) is 3.45. The number of rotatable bonds is 6. The van der Waals surface area contributed by atoms with Crippen molar-refractivity contribution in [1.82, 2.24) is 20.2 Å². The molecule has 0 unspecified atom stereocenters. The van der Waals surface area contributed by atoms with Gasteiger partial charge in [0.15, 0.2) is 0 Å². The van der Waals surface area contributed by atoms with E-state index in [1.807, 2.05) is 35.2 Å². The third-order valence-electron chi connectivity index (χ3n) is 7.62. The third kappa shape index (κ3) is 7.04. The van der Waals surface area contributed by atoms with Crippen molar-refractivity contribution in [2.75, 3.05) is 68.0 Å². The Labute approximate surface area is 247 Å². The van der Waals surface area contributed by atoms with Gasteiger partial charge in [-0.05, 0) is 53.1 Å². The summed E-state index contributed by atoms with van der Waals surface area (Å²) in [6.07, 6.45) is -2.75. The fraction of sp³-hybridized carbons (Fsp3) is 0.323. The zero-order valence-corrected chi connectivity index (χ0v) is 23.5. The molecule has 0 radical (unpaired) electrons. The molecule has 1 aromatic heterocycles. The Kier molecular flexibility index (Phi) is 8.41. The molecule has 0 aliphatic carbocycles. The first-order valence-corrected chi connectivity index (χ1v) is 14.2. The number of carbonyl (C=O) groups is 1. The molecule has 2 aliphatic rings. The second kappa shape index (κ2) is 12.5. The number of fused-ring (bicyclic) bond motifs is 1. The van der Waals surface area contributed by atoms with Gasteiger partial charge in [0.1, 0.15) is 5.82 Å². The SMILES string of the molecule is O=C(Nc1ccc(-c2ccc3ncc(N4CCOCC4)nc3c2)cc1)Nc1ccc(CN2CCNCC2)c(C(F)(F)F)c1. The Balaban J connectivity index is 1.12. The van der Waals surface area contributed by atoms with E-state index in [0.29, 0.717) is 32.0 Å². The molecule has 4 aromatic rings. The van der Waals surface area contributed by atoms with Crippen LogP contribution in [0.2, 0.25) is 0 Å². The largest absolute Gasteiger partial charge is 0.416 e. The van der Waals surface area contributed by atoms with E-state index in [2.05, 4.69) is 25.8 Å². The van der Waals surface area contributed by atoms with E-state index >= 15 is 0 Å². The van der Waals surface area contributed by atoms with Crippen LogP contribution in [0.4, 0.5) is 35.2 Å². The molecule has 3 heterocycles. The predicted molar refractivity (Wildman–Crippen MR) is 160 cm³/mol. The van der Waals surface area contributed by atoms with Crippen LogP contribution in [0.15, 0.2) is 66.9 Å². The number of nitrogens with zero attached hydrogens (tertiary/aromatic N) is 4. The summed E-state index contributed by atoms with van der Waals surface area (Å²) >= 11 is 0. The topological polar surface area (TPSA) is 94.7 Å². The number of nitrogens with one attached hydrogen (secondary N) is 3. The fourth-order valence-corrected chi connectivity index (χ4v) is 5.33. The van der Waals surface area contributed by atoms with Crippen LogP contribution in [-0.2, 0) is 17.5 Å². The number of benzene rings is 3. The molecule has 0 atom stereocenters. The van der Waals surface area contributed by atoms with E-state index in [9.17, 15) is 18.0 Å². The minimum Gasteiger partial charge on any atom is -0.378 e. The van der Waals surface area contributed by atoms with Crippen LogP contribution >= 0.6 is 0 Å². The van der Waals surface area contributed by atoms with Gasteiger partial charge in [-0.1, -0.05) is 24.3 Å². The van der Waals surface area contributed by atoms with Crippen LogP contribution in [0.3, 0.4) is 0 Å². The average molecular weight is 592 g/mol. The van der Waals surface area contributed by atoms with Crippen LogP contribution in [-0.4, -0.2) is 73.4 Å². The number of hydrogen-bond donors (Lipinski definition) is 3. The summed E-state index contributed by atoms with van der Waals surface area (Å²) in [6.45, 7) is 5.93. The molecular weight excluding hydrogens is 559 g/mol. The molecular formula is C31H32F3N7O2. The molecule has 3 N–H and O–H groups in total. The Morgan fingerprint density at radius 2 is 1.56 bits per heavy atom. The van der Waals surface area contributed by atoms with Gasteiger partial charge in [0, 0.05) is 57.2 Å². The lowest BCUT2D eigenvalue weighted by atomic mass is 10.0.